The van der Waals surface area contributed by atoms with E-state index in [0.29, 0.717) is 6.54 Å². The largest absolute Gasteiger partial charge is 0.313 e. The van der Waals surface area contributed by atoms with Crippen molar-refractivity contribution in [3.63, 3.8) is 0 Å². The Morgan fingerprint density at radius 2 is 2.29 bits per heavy atom. The van der Waals surface area contributed by atoms with E-state index in [0.717, 1.165) is 11.5 Å². The van der Waals surface area contributed by atoms with E-state index in [1.807, 2.05) is 13.1 Å². The van der Waals surface area contributed by atoms with Gasteiger partial charge in [0.15, 0.2) is 5.82 Å². The zero-order valence-electron chi connectivity index (χ0n) is 9.29. The summed E-state index contributed by atoms with van der Waals surface area (Å²) in [5.74, 6) is 0.807. The first-order valence-corrected chi connectivity index (χ1v) is 6.16. The lowest BCUT2D eigenvalue weighted by molar-refractivity contribution is 0.709. The van der Waals surface area contributed by atoms with Crippen molar-refractivity contribution in [1.82, 2.24) is 25.5 Å². The Balaban J connectivity index is 2.09. The topological polar surface area (TPSA) is 55.6 Å². The zero-order chi connectivity index (χ0) is 11.7. The van der Waals surface area contributed by atoms with Crippen molar-refractivity contribution >= 4 is 21.4 Å². The molecule has 0 fully saturated rings. The van der Waals surface area contributed by atoms with Gasteiger partial charge in [0.1, 0.15) is 0 Å². The van der Waals surface area contributed by atoms with Gasteiger partial charge in [-0.2, -0.15) is 4.68 Å². The molecule has 1 N–H and O–H groups in total. The second-order valence-corrected chi connectivity index (χ2v) is 4.63. The smallest absolute Gasteiger partial charge is 0.170 e. The average molecular weight is 245 g/mol. The van der Waals surface area contributed by atoms with E-state index in [4.69, 9.17) is 0 Å². The van der Waals surface area contributed by atoms with Crippen molar-refractivity contribution in [3.05, 3.63) is 35.5 Å². The van der Waals surface area contributed by atoms with Gasteiger partial charge in [-0.1, -0.05) is 0 Å². The van der Waals surface area contributed by atoms with Crippen LogP contribution in [0.3, 0.4) is 0 Å². The molecule has 0 amide bonds. The van der Waals surface area contributed by atoms with E-state index < -0.39 is 0 Å². The third kappa shape index (κ3) is 1.81. The van der Waals surface area contributed by atoms with Gasteiger partial charge < -0.3 is 5.32 Å². The fourth-order valence-electron chi connectivity index (χ4n) is 1.76. The second kappa shape index (κ2) is 4.23. The molecular weight excluding hydrogens is 234 g/mol. The van der Waals surface area contributed by atoms with Crippen LogP contribution < -0.4 is 5.32 Å². The van der Waals surface area contributed by atoms with Crippen LogP contribution >= 0.6 is 11.3 Å². The summed E-state index contributed by atoms with van der Waals surface area (Å²) in [5, 5.41) is 18.1. The molecule has 2 aromatic heterocycles. The third-order valence-electron chi connectivity index (χ3n) is 2.55. The van der Waals surface area contributed by atoms with Crippen LogP contribution in [0.2, 0.25) is 0 Å². The maximum absolute atomic E-state index is 4.02. The Kier molecular flexibility index (Phi) is 2.58. The summed E-state index contributed by atoms with van der Waals surface area (Å²) in [6, 6.07) is 8.33. The van der Waals surface area contributed by atoms with Gasteiger partial charge in [0.25, 0.3) is 0 Å². The molecule has 2 heterocycles. The average Bonchev–Trinajstić information content (AvgIpc) is 2.96. The lowest BCUT2D eigenvalue weighted by Gasteiger charge is -2.03. The van der Waals surface area contributed by atoms with Crippen LogP contribution in [0.25, 0.3) is 15.8 Å². The van der Waals surface area contributed by atoms with Crippen LogP contribution in [-0.4, -0.2) is 27.3 Å². The van der Waals surface area contributed by atoms with Crippen LogP contribution in [0, 0.1) is 0 Å². The number of thiophene rings is 1. The zero-order valence-corrected chi connectivity index (χ0v) is 10.1. The van der Waals surface area contributed by atoms with Crippen molar-refractivity contribution in [1.29, 1.82) is 0 Å². The molecule has 0 saturated heterocycles. The molecule has 1 aromatic carbocycles. The number of nitrogens with one attached hydrogen (secondary N) is 1. The molecule has 0 aliphatic rings. The van der Waals surface area contributed by atoms with Crippen molar-refractivity contribution in [2.45, 2.75) is 6.54 Å². The van der Waals surface area contributed by atoms with Gasteiger partial charge in [-0.05, 0) is 52.5 Å². The SMILES string of the molecule is CNCc1nnnn1-c1ccc2sccc2c1. The van der Waals surface area contributed by atoms with E-state index in [-0.39, 0.29) is 0 Å². The first-order valence-electron chi connectivity index (χ1n) is 5.28. The summed E-state index contributed by atoms with van der Waals surface area (Å²) in [6.07, 6.45) is 0. The molecule has 0 unspecified atom stereocenters. The van der Waals surface area contributed by atoms with Gasteiger partial charge in [-0.3, -0.25) is 0 Å². The summed E-state index contributed by atoms with van der Waals surface area (Å²) in [4.78, 5) is 0. The summed E-state index contributed by atoms with van der Waals surface area (Å²) in [7, 11) is 1.88. The molecule has 0 radical (unpaired) electrons. The van der Waals surface area contributed by atoms with E-state index in [9.17, 15) is 0 Å². The third-order valence-corrected chi connectivity index (χ3v) is 3.45. The Morgan fingerprint density at radius 3 is 3.18 bits per heavy atom. The number of rotatable bonds is 3. The summed E-state index contributed by atoms with van der Waals surface area (Å²) in [5.41, 5.74) is 0.992. The van der Waals surface area contributed by atoms with Gasteiger partial charge in [0.05, 0.1) is 12.2 Å². The van der Waals surface area contributed by atoms with Crippen molar-refractivity contribution < 1.29 is 0 Å². The molecule has 5 nitrogen and oxygen atoms in total. The molecule has 0 aliphatic heterocycles. The minimum absolute atomic E-state index is 0.647. The maximum Gasteiger partial charge on any atom is 0.170 e. The van der Waals surface area contributed by atoms with Gasteiger partial charge in [0.2, 0.25) is 0 Å². The minimum Gasteiger partial charge on any atom is -0.313 e. The Bertz CT molecular complexity index is 642. The Morgan fingerprint density at radius 1 is 1.35 bits per heavy atom. The number of aromatic nitrogens is 4. The van der Waals surface area contributed by atoms with Crippen LogP contribution in [0.5, 0.6) is 0 Å². The number of nitrogens with zero attached hydrogens (tertiary/aromatic N) is 4. The number of hydrogen-bond acceptors (Lipinski definition) is 5. The number of hydrogen-bond donors (Lipinski definition) is 1. The van der Waals surface area contributed by atoms with Crippen LogP contribution in [0.15, 0.2) is 29.6 Å². The summed E-state index contributed by atoms with van der Waals surface area (Å²) >= 11 is 1.73. The van der Waals surface area contributed by atoms with Gasteiger partial charge >= 0.3 is 0 Å². The predicted molar refractivity (Wildman–Crippen MR) is 67.3 cm³/mol. The standard InChI is InChI=1S/C11H11N5S/c1-12-7-11-13-14-15-16(11)9-2-3-10-8(6-9)4-5-17-10/h2-6,12H,7H2,1H3. The van der Waals surface area contributed by atoms with E-state index in [2.05, 4.69) is 44.4 Å². The lowest BCUT2D eigenvalue weighted by Crippen LogP contribution is -2.12. The van der Waals surface area contributed by atoms with Crippen LogP contribution in [-0.2, 0) is 6.54 Å². The molecule has 86 valence electrons. The van der Waals surface area contributed by atoms with Crippen LogP contribution in [0.1, 0.15) is 5.82 Å². The highest BCUT2D eigenvalue weighted by Gasteiger charge is 2.07. The first kappa shape index (κ1) is 10.4. The van der Waals surface area contributed by atoms with Crippen molar-refractivity contribution in [2.75, 3.05) is 7.05 Å². The maximum atomic E-state index is 4.02. The monoisotopic (exact) mass is 245 g/mol. The van der Waals surface area contributed by atoms with Crippen molar-refractivity contribution in [3.8, 4) is 5.69 Å². The molecule has 0 spiro atoms. The van der Waals surface area contributed by atoms with Crippen LogP contribution in [0.4, 0.5) is 0 Å². The molecule has 0 aliphatic carbocycles. The fourth-order valence-corrected chi connectivity index (χ4v) is 2.53. The molecule has 0 atom stereocenters. The molecule has 3 rings (SSSR count). The summed E-state index contributed by atoms with van der Waals surface area (Å²) < 4.78 is 3.03. The summed E-state index contributed by atoms with van der Waals surface area (Å²) in [6.45, 7) is 0.647. The first-order chi connectivity index (χ1) is 8.38. The highest BCUT2D eigenvalue weighted by atomic mass is 32.1. The number of fused-ring (bicyclic) bond motifs is 1. The molecule has 3 aromatic rings. The fraction of sp³-hybridized carbons (Fsp3) is 0.182. The predicted octanol–water partition coefficient (Wildman–Crippen LogP) is 1.60. The van der Waals surface area contributed by atoms with Gasteiger partial charge in [-0.15, -0.1) is 16.4 Å². The quantitative estimate of drug-likeness (QED) is 0.761. The number of benzene rings is 1. The molecule has 17 heavy (non-hydrogen) atoms. The highest BCUT2D eigenvalue weighted by molar-refractivity contribution is 7.17. The van der Waals surface area contributed by atoms with E-state index in [1.165, 1.54) is 10.1 Å². The minimum atomic E-state index is 0.647. The Labute approximate surface area is 102 Å². The molecule has 6 heteroatoms. The molecule has 0 bridgehead atoms. The lowest BCUT2D eigenvalue weighted by atomic mass is 10.2. The van der Waals surface area contributed by atoms with Gasteiger partial charge in [0, 0.05) is 4.70 Å². The van der Waals surface area contributed by atoms with Crippen molar-refractivity contribution in [2.24, 2.45) is 0 Å². The second-order valence-electron chi connectivity index (χ2n) is 3.68. The molecule has 0 saturated carbocycles. The normalized spacial score (nSPS) is 11.1. The highest BCUT2D eigenvalue weighted by Crippen LogP contribution is 2.23. The molecular formula is C11H11N5S. The Hall–Kier alpha value is -1.79. The van der Waals surface area contributed by atoms with Gasteiger partial charge in [-0.25, -0.2) is 0 Å². The van der Waals surface area contributed by atoms with E-state index in [1.54, 1.807) is 16.0 Å². The number of tetrazole rings is 1. The van der Waals surface area contributed by atoms with E-state index >= 15 is 0 Å².